The van der Waals surface area contributed by atoms with Crippen LogP contribution in [0.15, 0.2) is 0 Å². The number of unbranched alkanes of at least 4 members (excludes halogenated alkanes) is 2. The van der Waals surface area contributed by atoms with E-state index >= 15 is 0 Å². The molecule has 2 unspecified atom stereocenters. The van der Waals surface area contributed by atoms with Crippen LogP contribution < -0.4 is 10.2 Å². The molecular formula is C28H60Al2NiO4. The Morgan fingerprint density at radius 1 is 0.543 bits per heavy atom. The third kappa shape index (κ3) is 34.5. The minimum Gasteiger partial charge on any atom is -0.550 e. The van der Waals surface area contributed by atoms with Gasteiger partial charge < -0.3 is 19.8 Å². The first-order valence-corrected chi connectivity index (χ1v) is 19.4. The van der Waals surface area contributed by atoms with Crippen molar-refractivity contribution < 1.29 is 36.3 Å². The van der Waals surface area contributed by atoms with Crippen molar-refractivity contribution in [3.63, 3.8) is 0 Å². The molecule has 0 saturated heterocycles. The number of rotatable bonds is 16. The van der Waals surface area contributed by atoms with E-state index < -0.39 is 11.9 Å². The van der Waals surface area contributed by atoms with Crippen molar-refractivity contribution in [2.75, 3.05) is 0 Å². The Balaban J connectivity index is -0.000000115. The van der Waals surface area contributed by atoms with Crippen molar-refractivity contribution in [3.05, 3.63) is 0 Å². The molecule has 0 aromatic rings. The van der Waals surface area contributed by atoms with E-state index in [1.54, 1.807) is 0 Å². The van der Waals surface area contributed by atoms with Crippen LogP contribution in [0.2, 0.25) is 31.7 Å². The first kappa shape index (κ1) is 45.4. The third-order valence-electron chi connectivity index (χ3n) is 6.93. The van der Waals surface area contributed by atoms with Gasteiger partial charge in [-0.3, -0.25) is 0 Å². The summed E-state index contributed by atoms with van der Waals surface area (Å²) in [6.07, 6.45) is 7.04. The Bertz CT molecular complexity index is 369. The molecule has 0 saturated carbocycles. The summed E-state index contributed by atoms with van der Waals surface area (Å²) in [5, 5.41) is 29.6. The summed E-state index contributed by atoms with van der Waals surface area (Å²) in [6, 6.07) is 0. The number of carbonyl (C=O) groups excluding carboxylic acids is 2. The molecule has 0 N–H and O–H groups in total. The van der Waals surface area contributed by atoms with Crippen LogP contribution in [-0.4, -0.2) is 40.2 Å². The fraction of sp³-hybridized carbons (Fsp3) is 0.929. The van der Waals surface area contributed by atoms with E-state index in [4.69, 9.17) is 0 Å². The Hall–Kier alpha value is 0.498. The topological polar surface area (TPSA) is 80.3 Å². The molecule has 0 aliphatic heterocycles. The molecule has 0 rings (SSSR count). The second-order valence-electron chi connectivity index (χ2n) is 9.31. The van der Waals surface area contributed by atoms with Gasteiger partial charge in [0.2, 0.25) is 0 Å². The maximum absolute atomic E-state index is 10.3. The quantitative estimate of drug-likeness (QED) is 0.187. The summed E-state index contributed by atoms with van der Waals surface area (Å²) in [5.74, 6) is -2.23. The zero-order valence-electron chi connectivity index (χ0n) is 25.2. The van der Waals surface area contributed by atoms with Gasteiger partial charge in [-0.05, 0) is 37.5 Å². The molecule has 0 heterocycles. The molecule has 0 aromatic carbocycles. The third-order valence-corrected chi connectivity index (χ3v) is 13.9. The zero-order valence-corrected chi connectivity index (χ0v) is 28.5. The van der Waals surface area contributed by atoms with E-state index in [0.29, 0.717) is 12.8 Å². The molecule has 0 radical (unpaired) electrons. The number of hydrogen-bond acceptors (Lipinski definition) is 4. The van der Waals surface area contributed by atoms with Crippen LogP contribution in [0.1, 0.15) is 121 Å². The van der Waals surface area contributed by atoms with Gasteiger partial charge in [-0.2, -0.15) is 0 Å². The molecule has 0 aliphatic rings. The normalized spacial score (nSPS) is 11.0. The van der Waals surface area contributed by atoms with Gasteiger partial charge in [-0.1, -0.05) is 127 Å². The minimum atomic E-state index is -0.893. The van der Waals surface area contributed by atoms with E-state index in [2.05, 4.69) is 55.4 Å². The zero-order chi connectivity index (χ0) is 27.4. The fourth-order valence-corrected chi connectivity index (χ4v) is 7.07. The van der Waals surface area contributed by atoms with Crippen molar-refractivity contribution >= 4 is 40.2 Å². The first-order valence-electron chi connectivity index (χ1n) is 14.5. The molecule has 0 amide bonds. The molecule has 2 atom stereocenters. The van der Waals surface area contributed by atoms with Gasteiger partial charge in [-0.15, -0.1) is 0 Å². The Labute approximate surface area is 239 Å². The minimum absolute atomic E-state index is 0. The molecule has 0 fully saturated rings. The molecule has 0 spiro atoms. The summed E-state index contributed by atoms with van der Waals surface area (Å²) >= 11 is -0.343. The average Bonchev–Trinajstić information content (AvgIpc) is 2.83. The van der Waals surface area contributed by atoms with Crippen LogP contribution in [0.4, 0.5) is 0 Å². The number of hydrogen-bond donors (Lipinski definition) is 0. The smallest absolute Gasteiger partial charge is 0.550 e. The van der Waals surface area contributed by atoms with Gasteiger partial charge in [0.15, 0.2) is 0 Å². The number of carbonyl (C=O) groups is 2. The summed E-state index contributed by atoms with van der Waals surface area (Å²) in [4.78, 5) is 20.7. The van der Waals surface area contributed by atoms with Crippen LogP contribution in [-0.2, 0) is 26.1 Å². The van der Waals surface area contributed by atoms with E-state index in [0.717, 1.165) is 38.5 Å². The van der Waals surface area contributed by atoms with Crippen LogP contribution in [0, 0.1) is 11.8 Å². The van der Waals surface area contributed by atoms with Gasteiger partial charge in [0.1, 0.15) is 0 Å². The number of aliphatic carboxylic acids is 2. The molecule has 0 aromatic heterocycles. The second kappa shape index (κ2) is 36.7. The molecule has 0 bridgehead atoms. The molecular weight excluding hydrogens is 513 g/mol. The van der Waals surface area contributed by atoms with E-state index in [-0.39, 0.29) is 56.6 Å². The summed E-state index contributed by atoms with van der Waals surface area (Å²) in [7, 11) is 0. The van der Waals surface area contributed by atoms with Gasteiger partial charge in [0, 0.05) is 11.9 Å². The Kier molecular flexibility index (Phi) is 47.6. The molecule has 4 nitrogen and oxygen atoms in total. The molecule has 7 heteroatoms. The van der Waals surface area contributed by atoms with Gasteiger partial charge in [-0.25, -0.2) is 0 Å². The van der Waals surface area contributed by atoms with Gasteiger partial charge in [0.25, 0.3) is 28.3 Å². The van der Waals surface area contributed by atoms with Crippen LogP contribution >= 0.6 is 0 Å². The van der Waals surface area contributed by atoms with Crippen molar-refractivity contribution in [1.82, 2.24) is 0 Å². The maximum atomic E-state index is 10.3. The fourth-order valence-electron chi connectivity index (χ4n) is 3.61. The molecule has 35 heavy (non-hydrogen) atoms. The predicted molar refractivity (Wildman–Crippen MR) is 151 cm³/mol. The standard InChI is InChI=1S/2C8H16O2.6C2H5.2Al.Ni/c2*1-3-5-6-7(4-2)8(9)10;6*1-2;;;/h2*7H,3-6H2,1-2H3,(H,9,10);6*1H2,2H3;;;/q;;;;;;;;;;+2/p-2. The van der Waals surface area contributed by atoms with Crippen molar-refractivity contribution in [1.29, 1.82) is 0 Å². The predicted octanol–water partition coefficient (Wildman–Crippen LogP) is 6.98. The SMILES string of the molecule is CCCCC(CC)C(=O)[O-].CCCCC(CC)C(=O)[O-].C[CH2][Al]([CH2]C)[CH2]C.C[CH2][Al]([CH2]C)[CH2]C.[Ni+2]. The Morgan fingerprint density at radius 2 is 0.771 bits per heavy atom. The first-order chi connectivity index (χ1) is 16.1. The number of carboxylic acids is 2. The van der Waals surface area contributed by atoms with Crippen LogP contribution in [0.25, 0.3) is 0 Å². The summed E-state index contributed by atoms with van der Waals surface area (Å²) in [5.41, 5.74) is 0. The summed E-state index contributed by atoms with van der Waals surface area (Å²) in [6.45, 7) is 21.8. The van der Waals surface area contributed by atoms with Gasteiger partial charge >= 0.3 is 16.5 Å². The monoisotopic (exact) mass is 572 g/mol. The van der Waals surface area contributed by atoms with E-state index in [9.17, 15) is 19.8 Å². The molecule has 212 valence electrons. The largest absolute Gasteiger partial charge is 2.00 e. The van der Waals surface area contributed by atoms with Crippen molar-refractivity contribution in [2.24, 2.45) is 11.8 Å². The summed E-state index contributed by atoms with van der Waals surface area (Å²) < 4.78 is 0. The van der Waals surface area contributed by atoms with Crippen molar-refractivity contribution in [2.45, 2.75) is 152 Å². The Morgan fingerprint density at radius 3 is 0.857 bits per heavy atom. The second-order valence-corrected chi connectivity index (χ2v) is 17.7. The maximum Gasteiger partial charge on any atom is 2.00 e. The van der Waals surface area contributed by atoms with Crippen LogP contribution in [0.3, 0.4) is 0 Å². The van der Waals surface area contributed by atoms with E-state index in [1.165, 1.54) is 31.7 Å². The van der Waals surface area contributed by atoms with Crippen molar-refractivity contribution in [3.8, 4) is 0 Å². The van der Waals surface area contributed by atoms with Crippen LogP contribution in [0.5, 0.6) is 0 Å². The molecule has 0 aliphatic carbocycles. The number of carboxylic acid groups (broad SMARTS) is 2. The van der Waals surface area contributed by atoms with E-state index in [1.807, 2.05) is 13.8 Å². The van der Waals surface area contributed by atoms with Gasteiger partial charge in [0.05, 0.1) is 0 Å². The average molecular weight is 573 g/mol.